The smallest absolute Gasteiger partial charge is 0.225 e. The molecule has 0 aliphatic carbocycles. The zero-order valence-corrected chi connectivity index (χ0v) is 7.92. The van der Waals surface area contributed by atoms with Crippen LogP contribution >= 0.6 is 0 Å². The van der Waals surface area contributed by atoms with Gasteiger partial charge in [0.15, 0.2) is 0 Å². The molecule has 1 heterocycles. The Morgan fingerprint density at radius 2 is 2.33 bits per heavy atom. The van der Waals surface area contributed by atoms with Gasteiger partial charge >= 0.3 is 0 Å². The van der Waals surface area contributed by atoms with Gasteiger partial charge in [-0.3, -0.25) is 4.79 Å². The molecule has 1 saturated heterocycles. The second-order valence-corrected chi connectivity index (χ2v) is 3.83. The Kier molecular flexibility index (Phi) is 3.09. The topological polar surface area (TPSA) is 46.3 Å². The molecule has 1 amide bonds. The summed E-state index contributed by atoms with van der Waals surface area (Å²) in [5.74, 6) is 0.931. The van der Waals surface area contributed by atoms with Crippen LogP contribution in [-0.2, 0) is 4.79 Å². The maximum Gasteiger partial charge on any atom is 0.225 e. The maximum atomic E-state index is 11.5. The van der Waals surface area contributed by atoms with Gasteiger partial charge in [0, 0.05) is 19.0 Å². The maximum absolute atomic E-state index is 11.5. The van der Waals surface area contributed by atoms with Gasteiger partial charge in [0.25, 0.3) is 0 Å². The third-order valence-corrected chi connectivity index (χ3v) is 2.42. The van der Waals surface area contributed by atoms with Crippen molar-refractivity contribution in [1.82, 2.24) is 4.90 Å². The van der Waals surface area contributed by atoms with Crippen LogP contribution in [-0.4, -0.2) is 30.4 Å². The van der Waals surface area contributed by atoms with Crippen LogP contribution in [0.4, 0.5) is 0 Å². The number of nitrogens with zero attached hydrogens (tertiary/aromatic N) is 1. The predicted octanol–water partition coefficient (Wildman–Crippen LogP) is 0.450. The van der Waals surface area contributed by atoms with E-state index in [9.17, 15) is 4.79 Å². The minimum absolute atomic E-state index is 0.126. The lowest BCUT2D eigenvalue weighted by Gasteiger charge is -2.18. The van der Waals surface area contributed by atoms with E-state index in [0.717, 1.165) is 19.5 Å². The van der Waals surface area contributed by atoms with E-state index in [1.807, 2.05) is 18.7 Å². The second-order valence-electron chi connectivity index (χ2n) is 3.83. The van der Waals surface area contributed by atoms with Gasteiger partial charge in [-0.1, -0.05) is 13.8 Å². The fourth-order valence-corrected chi connectivity index (χ4v) is 1.59. The summed E-state index contributed by atoms with van der Waals surface area (Å²) < 4.78 is 0. The Bertz CT molecular complexity index is 168. The van der Waals surface area contributed by atoms with E-state index >= 15 is 0 Å². The lowest BCUT2D eigenvalue weighted by atomic mass is 10.1. The summed E-state index contributed by atoms with van der Waals surface area (Å²) in [5.41, 5.74) is 5.53. The van der Waals surface area contributed by atoms with Crippen molar-refractivity contribution in [1.29, 1.82) is 0 Å². The van der Waals surface area contributed by atoms with E-state index in [2.05, 4.69) is 0 Å². The normalized spacial score (nSPS) is 23.7. The van der Waals surface area contributed by atoms with Gasteiger partial charge in [-0.25, -0.2) is 0 Å². The lowest BCUT2D eigenvalue weighted by molar-refractivity contribution is -0.133. The minimum Gasteiger partial charge on any atom is -0.342 e. The largest absolute Gasteiger partial charge is 0.342 e. The van der Waals surface area contributed by atoms with Crippen molar-refractivity contribution in [2.24, 2.45) is 17.6 Å². The molecular formula is C9H18N2O. The molecular weight excluding hydrogens is 152 g/mol. The van der Waals surface area contributed by atoms with Gasteiger partial charge in [-0.2, -0.15) is 0 Å². The Hall–Kier alpha value is -0.570. The van der Waals surface area contributed by atoms with E-state index < -0.39 is 0 Å². The molecule has 0 aromatic carbocycles. The quantitative estimate of drug-likeness (QED) is 0.654. The van der Waals surface area contributed by atoms with Gasteiger partial charge in [-0.05, 0) is 18.9 Å². The van der Waals surface area contributed by atoms with Crippen LogP contribution < -0.4 is 5.73 Å². The van der Waals surface area contributed by atoms with Crippen molar-refractivity contribution >= 4 is 5.91 Å². The molecule has 0 aromatic heterocycles. The van der Waals surface area contributed by atoms with Crippen molar-refractivity contribution in [3.8, 4) is 0 Å². The predicted molar refractivity (Wildman–Crippen MR) is 48.6 cm³/mol. The molecule has 0 saturated carbocycles. The monoisotopic (exact) mass is 170 g/mol. The molecule has 0 bridgehead atoms. The molecule has 0 unspecified atom stereocenters. The number of hydrogen-bond acceptors (Lipinski definition) is 2. The number of carbonyl (C=O) groups excluding carboxylic acids is 1. The van der Waals surface area contributed by atoms with Crippen molar-refractivity contribution in [2.45, 2.75) is 20.3 Å². The van der Waals surface area contributed by atoms with E-state index in [0.29, 0.717) is 12.5 Å². The van der Waals surface area contributed by atoms with Crippen LogP contribution in [0, 0.1) is 11.8 Å². The van der Waals surface area contributed by atoms with Crippen molar-refractivity contribution in [3.63, 3.8) is 0 Å². The Morgan fingerprint density at radius 3 is 2.75 bits per heavy atom. The number of amides is 1. The SMILES string of the molecule is CC(C)C(=O)N1CC[C@H](CN)C1. The van der Waals surface area contributed by atoms with Crippen LogP contribution in [0.1, 0.15) is 20.3 Å². The van der Waals surface area contributed by atoms with E-state index in [4.69, 9.17) is 5.73 Å². The highest BCUT2D eigenvalue weighted by atomic mass is 16.2. The van der Waals surface area contributed by atoms with Crippen LogP contribution in [0.2, 0.25) is 0 Å². The third-order valence-electron chi connectivity index (χ3n) is 2.42. The number of nitrogens with two attached hydrogens (primary N) is 1. The number of hydrogen-bond donors (Lipinski definition) is 1. The van der Waals surface area contributed by atoms with E-state index in [1.54, 1.807) is 0 Å². The molecule has 1 fully saturated rings. The first-order valence-corrected chi connectivity index (χ1v) is 4.64. The van der Waals surface area contributed by atoms with Crippen LogP contribution in [0.3, 0.4) is 0 Å². The lowest BCUT2D eigenvalue weighted by Crippen LogP contribution is -2.32. The summed E-state index contributed by atoms with van der Waals surface area (Å²) in [6, 6.07) is 0. The molecule has 3 nitrogen and oxygen atoms in total. The molecule has 0 spiro atoms. The molecule has 1 atom stereocenters. The minimum atomic E-state index is 0.126. The molecule has 70 valence electrons. The molecule has 1 aliphatic rings. The molecule has 2 N–H and O–H groups in total. The summed E-state index contributed by atoms with van der Waals surface area (Å²) in [6.45, 7) is 6.37. The van der Waals surface area contributed by atoms with Crippen molar-refractivity contribution < 1.29 is 4.79 Å². The summed E-state index contributed by atoms with van der Waals surface area (Å²) >= 11 is 0. The molecule has 0 radical (unpaired) electrons. The number of rotatable bonds is 2. The summed E-state index contributed by atoms with van der Waals surface area (Å²) in [5, 5.41) is 0. The van der Waals surface area contributed by atoms with Crippen LogP contribution in [0.25, 0.3) is 0 Å². The summed E-state index contributed by atoms with van der Waals surface area (Å²) in [7, 11) is 0. The van der Waals surface area contributed by atoms with E-state index in [1.165, 1.54) is 0 Å². The van der Waals surface area contributed by atoms with Gasteiger partial charge in [0.05, 0.1) is 0 Å². The first-order chi connectivity index (χ1) is 5.65. The van der Waals surface area contributed by atoms with Crippen molar-refractivity contribution in [2.75, 3.05) is 19.6 Å². The second kappa shape index (κ2) is 3.90. The highest BCUT2D eigenvalue weighted by Crippen LogP contribution is 2.16. The Morgan fingerprint density at radius 1 is 1.67 bits per heavy atom. The number of likely N-dealkylation sites (tertiary alicyclic amines) is 1. The standard InChI is InChI=1S/C9H18N2O/c1-7(2)9(12)11-4-3-8(5-10)6-11/h7-8H,3-6,10H2,1-2H3/t8-/m1/s1. The van der Waals surface area contributed by atoms with Gasteiger partial charge in [0.2, 0.25) is 5.91 Å². The van der Waals surface area contributed by atoms with Crippen LogP contribution in [0.5, 0.6) is 0 Å². The zero-order valence-electron chi connectivity index (χ0n) is 7.92. The summed E-state index contributed by atoms with van der Waals surface area (Å²) in [4.78, 5) is 13.4. The fraction of sp³-hybridized carbons (Fsp3) is 0.889. The highest BCUT2D eigenvalue weighted by molar-refractivity contribution is 5.78. The van der Waals surface area contributed by atoms with Crippen LogP contribution in [0.15, 0.2) is 0 Å². The zero-order chi connectivity index (χ0) is 9.14. The molecule has 12 heavy (non-hydrogen) atoms. The van der Waals surface area contributed by atoms with Crippen molar-refractivity contribution in [3.05, 3.63) is 0 Å². The molecule has 3 heteroatoms. The molecule has 1 aliphatic heterocycles. The first kappa shape index (κ1) is 9.52. The first-order valence-electron chi connectivity index (χ1n) is 4.64. The van der Waals surface area contributed by atoms with Gasteiger partial charge in [0.1, 0.15) is 0 Å². The number of carbonyl (C=O) groups is 1. The summed E-state index contributed by atoms with van der Waals surface area (Å²) in [6.07, 6.45) is 1.08. The third kappa shape index (κ3) is 1.97. The average Bonchev–Trinajstić information content (AvgIpc) is 2.50. The fourth-order valence-electron chi connectivity index (χ4n) is 1.59. The Labute approximate surface area is 73.9 Å². The van der Waals surface area contributed by atoms with Gasteiger partial charge < -0.3 is 10.6 Å². The average molecular weight is 170 g/mol. The molecule has 0 aromatic rings. The molecule has 1 rings (SSSR count). The van der Waals surface area contributed by atoms with E-state index in [-0.39, 0.29) is 11.8 Å². The van der Waals surface area contributed by atoms with Gasteiger partial charge in [-0.15, -0.1) is 0 Å². The Balaban J connectivity index is 2.41. The highest BCUT2D eigenvalue weighted by Gasteiger charge is 2.26.